The summed E-state index contributed by atoms with van der Waals surface area (Å²) in [7, 11) is 0. The molecule has 3 aromatic rings. The monoisotopic (exact) mass is 572 g/mol. The molecule has 0 saturated carbocycles. The maximum absolute atomic E-state index is 13.4. The molecule has 39 heavy (non-hydrogen) atoms. The maximum atomic E-state index is 13.4. The van der Waals surface area contributed by atoms with Gasteiger partial charge in [0.2, 0.25) is 0 Å². The lowest BCUT2D eigenvalue weighted by atomic mass is 9.98. The Morgan fingerprint density at radius 1 is 0.795 bits per heavy atom. The smallest absolute Gasteiger partial charge is 0.457 e. The standard InChI is InChI=1S/C24H18F10N2O3/c25-21(26)24(33,34)39-17-6-2-4-14(10-17)20(36-12-19(37)23(30,31)32)13-3-1-5-15(9-13)38-16-7-8-35-18(11-16)22(27,28)29/h1-11,19-21,36-37H,12H2. The van der Waals surface area contributed by atoms with Crippen molar-refractivity contribution in [3.63, 3.8) is 0 Å². The zero-order valence-electron chi connectivity index (χ0n) is 19.3. The Bertz CT molecular complexity index is 1250. The van der Waals surface area contributed by atoms with Crippen LogP contribution in [-0.2, 0) is 6.18 Å². The molecule has 1 heterocycles. The van der Waals surface area contributed by atoms with Crippen LogP contribution in [0.4, 0.5) is 43.9 Å². The topological polar surface area (TPSA) is 63.6 Å². The van der Waals surface area contributed by atoms with E-state index in [9.17, 15) is 49.0 Å². The third-order valence-electron chi connectivity index (χ3n) is 5.04. The average Bonchev–Trinajstić information content (AvgIpc) is 2.83. The van der Waals surface area contributed by atoms with Crippen molar-refractivity contribution in [2.75, 3.05) is 6.54 Å². The molecule has 0 aliphatic rings. The lowest BCUT2D eigenvalue weighted by molar-refractivity contribution is -0.253. The van der Waals surface area contributed by atoms with Crippen LogP contribution in [0.15, 0.2) is 66.9 Å². The molecular formula is C24H18F10N2O3. The number of benzene rings is 2. The van der Waals surface area contributed by atoms with Crippen molar-refractivity contribution < 1.29 is 58.5 Å². The van der Waals surface area contributed by atoms with E-state index in [0.29, 0.717) is 6.07 Å². The van der Waals surface area contributed by atoms with E-state index in [4.69, 9.17) is 4.74 Å². The van der Waals surface area contributed by atoms with E-state index in [1.165, 1.54) is 30.3 Å². The fraction of sp³-hybridized carbons (Fsp3) is 0.292. The molecule has 2 aromatic carbocycles. The van der Waals surface area contributed by atoms with Gasteiger partial charge in [0.25, 0.3) is 0 Å². The molecule has 0 fully saturated rings. The second-order valence-electron chi connectivity index (χ2n) is 7.98. The summed E-state index contributed by atoms with van der Waals surface area (Å²) >= 11 is 0. The fourth-order valence-corrected chi connectivity index (χ4v) is 3.26. The second-order valence-corrected chi connectivity index (χ2v) is 7.98. The van der Waals surface area contributed by atoms with Gasteiger partial charge in [-0.15, -0.1) is 0 Å². The lowest BCUT2D eigenvalue weighted by Crippen LogP contribution is -2.40. The van der Waals surface area contributed by atoms with Gasteiger partial charge in [-0.3, -0.25) is 4.98 Å². The first-order valence-corrected chi connectivity index (χ1v) is 10.8. The molecule has 0 radical (unpaired) electrons. The average molecular weight is 572 g/mol. The van der Waals surface area contributed by atoms with Crippen LogP contribution in [0.1, 0.15) is 22.9 Å². The first-order chi connectivity index (χ1) is 18.1. The van der Waals surface area contributed by atoms with Crippen LogP contribution in [-0.4, -0.2) is 41.4 Å². The summed E-state index contributed by atoms with van der Waals surface area (Å²) in [6.07, 6.45) is -20.8. The molecule has 2 N–H and O–H groups in total. The van der Waals surface area contributed by atoms with Crippen LogP contribution in [0.3, 0.4) is 0 Å². The molecule has 15 heteroatoms. The largest absolute Gasteiger partial charge is 0.461 e. The Kier molecular flexibility index (Phi) is 8.95. The van der Waals surface area contributed by atoms with Crippen molar-refractivity contribution in [1.82, 2.24) is 10.3 Å². The summed E-state index contributed by atoms with van der Waals surface area (Å²) in [4.78, 5) is 3.20. The van der Waals surface area contributed by atoms with Crippen molar-refractivity contribution in [2.45, 2.75) is 37.0 Å². The van der Waals surface area contributed by atoms with Crippen LogP contribution in [0, 0.1) is 0 Å². The number of rotatable bonds is 10. The Balaban J connectivity index is 1.95. The van der Waals surface area contributed by atoms with Gasteiger partial charge in [0.15, 0.2) is 6.10 Å². The van der Waals surface area contributed by atoms with Crippen LogP contribution < -0.4 is 14.8 Å². The van der Waals surface area contributed by atoms with Gasteiger partial charge < -0.3 is 19.9 Å². The van der Waals surface area contributed by atoms with Crippen molar-refractivity contribution in [2.24, 2.45) is 0 Å². The zero-order chi connectivity index (χ0) is 29.0. The maximum Gasteiger partial charge on any atom is 0.461 e. The van der Waals surface area contributed by atoms with Crippen LogP contribution in [0.5, 0.6) is 17.2 Å². The molecule has 212 valence electrons. The highest BCUT2D eigenvalue weighted by Crippen LogP contribution is 2.34. The molecule has 0 amide bonds. The Hall–Kier alpha value is -3.59. The molecule has 5 nitrogen and oxygen atoms in total. The Morgan fingerprint density at radius 2 is 1.36 bits per heavy atom. The van der Waals surface area contributed by atoms with Crippen LogP contribution in [0.25, 0.3) is 0 Å². The summed E-state index contributed by atoms with van der Waals surface area (Å²) in [6, 6.07) is 9.89. The molecule has 2 atom stereocenters. The highest BCUT2D eigenvalue weighted by molar-refractivity contribution is 5.41. The molecule has 2 unspecified atom stereocenters. The number of nitrogens with zero attached hydrogens (tertiary/aromatic N) is 1. The van der Waals surface area contributed by atoms with E-state index in [1.54, 1.807) is 0 Å². The van der Waals surface area contributed by atoms with Gasteiger partial charge in [-0.25, -0.2) is 0 Å². The molecule has 0 spiro atoms. The summed E-state index contributed by atoms with van der Waals surface area (Å²) in [6.45, 7) is -1.07. The predicted octanol–water partition coefficient (Wildman–Crippen LogP) is 6.73. The Labute approximate surface area is 214 Å². The molecule has 0 aliphatic carbocycles. The third-order valence-corrected chi connectivity index (χ3v) is 5.04. The van der Waals surface area contributed by atoms with Crippen LogP contribution in [0.2, 0.25) is 0 Å². The van der Waals surface area contributed by atoms with Gasteiger partial charge in [0.1, 0.15) is 22.9 Å². The quantitative estimate of drug-likeness (QED) is 0.264. The van der Waals surface area contributed by atoms with Gasteiger partial charge >= 0.3 is 24.9 Å². The third kappa shape index (κ3) is 8.20. The second kappa shape index (κ2) is 11.7. The number of pyridine rings is 1. The van der Waals surface area contributed by atoms with E-state index >= 15 is 0 Å². The van der Waals surface area contributed by atoms with E-state index in [2.05, 4.69) is 15.0 Å². The number of aliphatic hydroxyl groups is 1. The lowest BCUT2D eigenvalue weighted by Gasteiger charge is -2.24. The minimum atomic E-state index is -5.01. The van der Waals surface area contributed by atoms with E-state index in [0.717, 1.165) is 30.5 Å². The summed E-state index contributed by atoms with van der Waals surface area (Å²) in [5.41, 5.74) is -1.16. The van der Waals surface area contributed by atoms with Gasteiger partial charge in [-0.05, 0) is 41.5 Å². The first-order valence-electron chi connectivity index (χ1n) is 10.8. The summed E-state index contributed by atoms with van der Waals surface area (Å²) in [5.74, 6) is -1.06. The highest BCUT2D eigenvalue weighted by atomic mass is 19.4. The minimum Gasteiger partial charge on any atom is -0.457 e. The predicted molar refractivity (Wildman–Crippen MR) is 116 cm³/mol. The van der Waals surface area contributed by atoms with E-state index < -0.39 is 55.0 Å². The van der Waals surface area contributed by atoms with Crippen molar-refractivity contribution in [3.8, 4) is 17.2 Å². The molecule has 0 aliphatic heterocycles. The van der Waals surface area contributed by atoms with Crippen molar-refractivity contribution >= 4 is 0 Å². The number of aromatic nitrogens is 1. The van der Waals surface area contributed by atoms with Crippen molar-refractivity contribution in [3.05, 3.63) is 83.7 Å². The number of alkyl halides is 10. The number of nitrogens with one attached hydrogen (secondary N) is 1. The minimum absolute atomic E-state index is 0.0349. The number of halogens is 10. The number of hydrogen-bond donors (Lipinski definition) is 2. The summed E-state index contributed by atoms with van der Waals surface area (Å²) in [5, 5.41) is 11.8. The molecule has 0 saturated heterocycles. The number of ether oxygens (including phenoxy) is 2. The zero-order valence-corrected chi connectivity index (χ0v) is 19.3. The fourth-order valence-electron chi connectivity index (χ4n) is 3.26. The van der Waals surface area contributed by atoms with E-state index in [1.807, 2.05) is 0 Å². The van der Waals surface area contributed by atoms with Crippen LogP contribution >= 0.6 is 0 Å². The molecule has 0 bridgehead atoms. The Morgan fingerprint density at radius 3 is 1.92 bits per heavy atom. The highest BCUT2D eigenvalue weighted by Gasteiger charge is 2.44. The molecule has 3 rings (SSSR count). The van der Waals surface area contributed by atoms with Gasteiger partial charge in [-0.1, -0.05) is 24.3 Å². The van der Waals surface area contributed by atoms with Gasteiger partial charge in [-0.2, -0.15) is 43.9 Å². The number of hydrogen-bond acceptors (Lipinski definition) is 5. The summed E-state index contributed by atoms with van der Waals surface area (Å²) < 4.78 is 139. The van der Waals surface area contributed by atoms with Gasteiger partial charge in [0.05, 0.1) is 6.04 Å². The van der Waals surface area contributed by atoms with Crippen molar-refractivity contribution in [1.29, 1.82) is 0 Å². The SMILES string of the molecule is OC(CNC(c1cccc(Oc2ccnc(C(F)(F)F)c2)c1)c1cccc(OC(F)(F)C(F)F)c1)C(F)(F)F. The molecular weight excluding hydrogens is 554 g/mol. The normalized spacial score (nSPS) is 14.3. The van der Waals surface area contributed by atoms with Gasteiger partial charge in [0, 0.05) is 18.8 Å². The number of aliphatic hydroxyl groups excluding tert-OH is 1. The first kappa shape index (κ1) is 30.0. The van der Waals surface area contributed by atoms with E-state index in [-0.39, 0.29) is 22.6 Å². The molecule has 1 aromatic heterocycles.